The Morgan fingerprint density at radius 1 is 0.516 bits per heavy atom. The van der Waals surface area contributed by atoms with Gasteiger partial charge < -0.3 is 14.5 Å². The molecule has 11 rings (SSSR count). The van der Waals surface area contributed by atoms with E-state index in [1.807, 2.05) is 0 Å². The zero-order valence-corrected chi connectivity index (χ0v) is 37.9. The van der Waals surface area contributed by atoms with Gasteiger partial charge in [-0.2, -0.15) is 0 Å². The van der Waals surface area contributed by atoms with Crippen LogP contribution in [-0.2, 0) is 10.8 Å². The second-order valence-corrected chi connectivity index (χ2v) is 19.8. The van der Waals surface area contributed by atoms with Crippen LogP contribution in [0.5, 0.6) is 11.5 Å². The Hall–Kier alpha value is -7.15. The predicted octanol–water partition coefficient (Wildman–Crippen LogP) is 16.4. The summed E-state index contributed by atoms with van der Waals surface area (Å²) in [5, 5.41) is 5.72. The van der Waals surface area contributed by atoms with Crippen molar-refractivity contribution in [2.75, 3.05) is 16.5 Å². The Bertz CT molecular complexity index is 3310. The van der Waals surface area contributed by atoms with E-state index in [2.05, 4.69) is 237 Å². The molecule has 0 saturated heterocycles. The number of hydrogen-bond acceptors (Lipinski definition) is 5. The van der Waals surface area contributed by atoms with Crippen LogP contribution in [0.3, 0.4) is 0 Å². The molecule has 7 aromatic carbocycles. The summed E-state index contributed by atoms with van der Waals surface area (Å²) in [7, 11) is 0. The summed E-state index contributed by atoms with van der Waals surface area (Å²) in [5.74, 6) is 2.46. The minimum Gasteiger partial charge on any atom is -0.457 e. The molecular formula is C58H50N4OS. The van der Waals surface area contributed by atoms with Gasteiger partial charge >= 0.3 is 0 Å². The number of rotatable bonds is 7. The molecule has 1 aliphatic rings. The van der Waals surface area contributed by atoms with E-state index >= 15 is 0 Å². The summed E-state index contributed by atoms with van der Waals surface area (Å²) >= 11 is 1.70. The predicted molar refractivity (Wildman–Crippen MR) is 271 cm³/mol. The molecule has 5 nitrogen and oxygen atoms in total. The normalized spacial score (nSPS) is 13.0. The molecule has 0 bridgehead atoms. The number of para-hydroxylation sites is 3. The molecule has 0 spiro atoms. The lowest BCUT2D eigenvalue weighted by Gasteiger charge is -2.30. The Kier molecular flexibility index (Phi) is 9.48. The maximum atomic E-state index is 6.84. The van der Waals surface area contributed by atoms with Crippen molar-refractivity contribution >= 4 is 66.1 Å². The zero-order chi connectivity index (χ0) is 43.7. The molecule has 0 amide bonds. The molecule has 3 aromatic heterocycles. The van der Waals surface area contributed by atoms with Gasteiger partial charge in [-0.15, -0.1) is 11.3 Å². The number of ether oxygens (including phenoxy) is 1. The minimum atomic E-state index is -0.0484. The van der Waals surface area contributed by atoms with Crippen molar-refractivity contribution < 1.29 is 4.74 Å². The fourth-order valence-corrected chi connectivity index (χ4v) is 10.2. The van der Waals surface area contributed by atoms with Gasteiger partial charge in [-0.3, -0.25) is 4.57 Å². The molecule has 314 valence electrons. The number of nitrogens with zero attached hydrogens (tertiary/aromatic N) is 4. The Morgan fingerprint density at radius 2 is 1.14 bits per heavy atom. The maximum absolute atomic E-state index is 6.84. The third kappa shape index (κ3) is 6.90. The van der Waals surface area contributed by atoms with Crippen LogP contribution in [0.4, 0.5) is 22.7 Å². The van der Waals surface area contributed by atoms with E-state index in [-0.39, 0.29) is 10.8 Å². The summed E-state index contributed by atoms with van der Waals surface area (Å²) in [6.07, 6.45) is 0. The van der Waals surface area contributed by atoms with Gasteiger partial charge in [0.05, 0.1) is 28.1 Å². The fraction of sp³-hybridized carbons (Fsp3) is 0.155. The van der Waals surface area contributed by atoms with E-state index in [0.717, 1.165) is 55.6 Å². The number of thiophene rings is 1. The number of fused-ring (bicyclic) bond motifs is 5. The first kappa shape index (κ1) is 39.7. The molecule has 0 unspecified atom stereocenters. The number of anilines is 4. The van der Waals surface area contributed by atoms with E-state index < -0.39 is 0 Å². The highest BCUT2D eigenvalue weighted by Gasteiger charge is 2.33. The summed E-state index contributed by atoms with van der Waals surface area (Å²) in [6.45, 7) is 14.4. The molecule has 0 radical (unpaired) electrons. The molecule has 0 atom stereocenters. The second-order valence-electron chi connectivity index (χ2n) is 18.9. The van der Waals surface area contributed by atoms with Crippen molar-refractivity contribution in [2.24, 2.45) is 0 Å². The number of hydrogen-bond donors (Lipinski definition) is 0. The van der Waals surface area contributed by atoms with Gasteiger partial charge in [0.2, 0.25) is 0 Å². The van der Waals surface area contributed by atoms with E-state index in [1.54, 1.807) is 11.3 Å². The largest absolute Gasteiger partial charge is 0.457 e. The van der Waals surface area contributed by atoms with Gasteiger partial charge in [0.1, 0.15) is 28.8 Å². The summed E-state index contributed by atoms with van der Waals surface area (Å²) < 4.78 is 9.14. The Labute approximate surface area is 379 Å². The van der Waals surface area contributed by atoms with Crippen molar-refractivity contribution in [2.45, 2.75) is 52.4 Å². The quantitative estimate of drug-likeness (QED) is 0.160. The van der Waals surface area contributed by atoms with E-state index in [4.69, 9.17) is 9.72 Å². The lowest BCUT2D eigenvalue weighted by molar-refractivity contribution is 0.483. The molecule has 10 aromatic rings. The maximum Gasteiger partial charge on any atom is 0.139 e. The first-order valence-corrected chi connectivity index (χ1v) is 23.0. The first-order chi connectivity index (χ1) is 31.0. The van der Waals surface area contributed by atoms with Crippen molar-refractivity contribution in [1.29, 1.82) is 0 Å². The van der Waals surface area contributed by atoms with Crippen LogP contribution in [0.2, 0.25) is 0 Å². The van der Waals surface area contributed by atoms with Gasteiger partial charge in [-0.05, 0) is 105 Å². The average molecular weight is 851 g/mol. The van der Waals surface area contributed by atoms with Crippen LogP contribution in [0.1, 0.15) is 52.7 Å². The lowest BCUT2D eigenvalue weighted by atomic mass is 9.82. The topological polar surface area (TPSA) is 33.5 Å². The molecule has 0 N–H and O–H groups in total. The number of aromatic nitrogens is 2. The van der Waals surface area contributed by atoms with Crippen LogP contribution in [0, 0.1) is 0 Å². The molecule has 64 heavy (non-hydrogen) atoms. The van der Waals surface area contributed by atoms with Gasteiger partial charge in [-0.1, -0.05) is 139 Å². The third-order valence-corrected chi connectivity index (χ3v) is 13.4. The van der Waals surface area contributed by atoms with E-state index in [9.17, 15) is 0 Å². The highest BCUT2D eigenvalue weighted by Crippen LogP contribution is 2.51. The summed E-state index contributed by atoms with van der Waals surface area (Å²) in [5.41, 5.74) is 14.1. The van der Waals surface area contributed by atoms with E-state index in [0.29, 0.717) is 6.67 Å². The minimum absolute atomic E-state index is 0.0484. The number of benzene rings is 7. The average Bonchev–Trinajstić information content (AvgIpc) is 4.03. The summed E-state index contributed by atoms with van der Waals surface area (Å²) in [4.78, 5) is 11.2. The van der Waals surface area contributed by atoms with Crippen LogP contribution in [0.25, 0.3) is 60.1 Å². The van der Waals surface area contributed by atoms with Crippen LogP contribution in [-0.4, -0.2) is 16.2 Å². The highest BCUT2D eigenvalue weighted by molar-refractivity contribution is 7.16. The molecule has 4 heterocycles. The molecule has 0 fully saturated rings. The highest BCUT2D eigenvalue weighted by atomic mass is 32.1. The fourth-order valence-electron chi connectivity index (χ4n) is 9.44. The van der Waals surface area contributed by atoms with Crippen molar-refractivity contribution in [3.8, 4) is 39.6 Å². The first-order valence-electron chi connectivity index (χ1n) is 22.1. The summed E-state index contributed by atoms with van der Waals surface area (Å²) in [6, 6.07) is 63.3. The van der Waals surface area contributed by atoms with Gasteiger partial charge in [-0.25, -0.2) is 4.98 Å². The van der Waals surface area contributed by atoms with E-state index in [1.165, 1.54) is 49.8 Å². The Balaban J connectivity index is 0.998. The van der Waals surface area contributed by atoms with Crippen molar-refractivity contribution in [3.63, 3.8) is 0 Å². The van der Waals surface area contributed by atoms with Crippen LogP contribution < -0.4 is 14.5 Å². The lowest BCUT2D eigenvalue weighted by Crippen LogP contribution is -2.25. The SMILES string of the molecule is CC(C)(C)c1cc(-c2ccccc2)c(N2CN(c3cccc(Oc4ccc5c6ccccc6n(-c6cc(C(C)(C)C)c7ccsc7n6)c5c4)c3)c3ccccc32)c(-c2ccccc2)c1. The molecule has 0 saturated carbocycles. The van der Waals surface area contributed by atoms with Crippen LogP contribution in [0.15, 0.2) is 181 Å². The number of pyridine rings is 1. The van der Waals surface area contributed by atoms with Gasteiger partial charge in [0, 0.05) is 45.1 Å². The van der Waals surface area contributed by atoms with Gasteiger partial charge in [0.25, 0.3) is 0 Å². The Morgan fingerprint density at radius 3 is 1.83 bits per heavy atom. The third-order valence-electron chi connectivity index (χ3n) is 12.6. The monoisotopic (exact) mass is 850 g/mol. The molecule has 0 aliphatic carbocycles. The van der Waals surface area contributed by atoms with Crippen LogP contribution >= 0.6 is 11.3 Å². The zero-order valence-electron chi connectivity index (χ0n) is 37.1. The molecular weight excluding hydrogens is 801 g/mol. The smallest absolute Gasteiger partial charge is 0.139 e. The standard InChI is InChI=1S/C58H50N4OS/c1-57(2,3)40-32-47(38-18-9-7-10-19-38)55(48(33-40)39-20-11-8-12-21-39)61-37-60(51-26-15-16-27-52(51)61)41-22-17-23-42(34-41)63-43-28-29-45-44-24-13-14-25-50(44)62(53(45)35-43)54-36-49(58(4,5)6)46-30-31-64-56(46)59-54/h7-36H,37H2,1-6H3. The van der Waals surface area contributed by atoms with Gasteiger partial charge in [0.15, 0.2) is 0 Å². The molecule has 6 heteroatoms. The van der Waals surface area contributed by atoms with Crippen molar-refractivity contribution in [3.05, 3.63) is 192 Å². The second kappa shape index (κ2) is 15.3. The van der Waals surface area contributed by atoms with Crippen molar-refractivity contribution in [1.82, 2.24) is 9.55 Å². The molecule has 1 aliphatic heterocycles.